The lowest BCUT2D eigenvalue weighted by molar-refractivity contribution is -0.132. The second kappa shape index (κ2) is 11.7. The maximum atomic E-state index is 13.4. The van der Waals surface area contributed by atoms with E-state index < -0.39 is 6.04 Å². The van der Waals surface area contributed by atoms with Crippen molar-refractivity contribution in [3.8, 4) is 6.07 Å². The smallest absolute Gasteiger partial charge is 0.247 e. The fourth-order valence-corrected chi connectivity index (χ4v) is 4.50. The molecule has 2 aromatic carbocycles. The van der Waals surface area contributed by atoms with Gasteiger partial charge >= 0.3 is 0 Å². The number of benzene rings is 2. The zero-order valence-electron chi connectivity index (χ0n) is 21.4. The normalized spacial score (nSPS) is 17.1. The van der Waals surface area contributed by atoms with Crippen LogP contribution in [0.15, 0.2) is 72.9 Å². The Labute approximate surface area is 217 Å². The van der Waals surface area contributed by atoms with Crippen LogP contribution in [0.3, 0.4) is 0 Å². The number of nitriles is 1. The molecule has 1 aliphatic heterocycles. The van der Waals surface area contributed by atoms with Crippen molar-refractivity contribution < 1.29 is 9.59 Å². The summed E-state index contributed by atoms with van der Waals surface area (Å²) in [5, 5.41) is 15.4. The lowest BCUT2D eigenvalue weighted by Gasteiger charge is -2.38. The molecule has 2 amide bonds. The third kappa shape index (κ3) is 6.13. The predicted molar refractivity (Wildman–Crippen MR) is 144 cm³/mol. The first-order chi connectivity index (χ1) is 17.9. The summed E-state index contributed by atoms with van der Waals surface area (Å²) in [6, 6.07) is 22.1. The van der Waals surface area contributed by atoms with Gasteiger partial charge in [0.1, 0.15) is 17.9 Å². The van der Waals surface area contributed by atoms with Gasteiger partial charge in [0.05, 0.1) is 23.5 Å². The van der Waals surface area contributed by atoms with Gasteiger partial charge < -0.3 is 20.4 Å². The molecule has 1 fully saturated rings. The van der Waals surface area contributed by atoms with Crippen molar-refractivity contribution in [3.05, 3.63) is 89.6 Å². The highest BCUT2D eigenvalue weighted by Crippen LogP contribution is 2.23. The topological polar surface area (TPSA) is 101 Å². The minimum atomic E-state index is -0.571. The number of nitrogens with zero attached hydrogens (tertiary/aromatic N) is 4. The molecule has 3 atom stereocenters. The number of nitrogens with one attached hydrogen (secondary N) is 2. The minimum absolute atomic E-state index is 0.0793. The number of pyridine rings is 1. The van der Waals surface area contributed by atoms with E-state index in [0.717, 1.165) is 23.4 Å². The lowest BCUT2D eigenvalue weighted by atomic mass is 9.98. The summed E-state index contributed by atoms with van der Waals surface area (Å²) in [5.74, 6) is 0.458. The maximum Gasteiger partial charge on any atom is 0.247 e. The fraction of sp³-hybridized carbons (Fsp3) is 0.310. The molecule has 0 radical (unpaired) electrons. The van der Waals surface area contributed by atoms with Gasteiger partial charge in [-0.1, -0.05) is 49.4 Å². The summed E-state index contributed by atoms with van der Waals surface area (Å²) < 4.78 is 0. The van der Waals surface area contributed by atoms with Crippen LogP contribution in [0.25, 0.3) is 0 Å². The summed E-state index contributed by atoms with van der Waals surface area (Å²) in [5.41, 5.74) is 3.42. The summed E-state index contributed by atoms with van der Waals surface area (Å²) >= 11 is 0. The van der Waals surface area contributed by atoms with Gasteiger partial charge in [0.2, 0.25) is 11.8 Å². The van der Waals surface area contributed by atoms with E-state index in [9.17, 15) is 9.59 Å². The molecule has 8 heteroatoms. The summed E-state index contributed by atoms with van der Waals surface area (Å²) in [7, 11) is 1.81. The maximum absolute atomic E-state index is 13.4. The van der Waals surface area contributed by atoms with Gasteiger partial charge in [0.25, 0.3) is 0 Å². The molecule has 0 bridgehead atoms. The molecular weight excluding hydrogens is 464 g/mol. The van der Waals surface area contributed by atoms with Gasteiger partial charge in [0.15, 0.2) is 0 Å². The van der Waals surface area contributed by atoms with Crippen molar-refractivity contribution in [2.45, 2.75) is 31.8 Å². The largest absolute Gasteiger partial charge is 0.357 e. The standard InChI is InChI=1S/C29H32N6O2/c1-20(23-11-9-22(17-30)10-12-23)18-32-27(24-7-5-4-6-8-24)28(36)33-26-14-13-25(19-31-26)35-16-15-34(3)29(37)21(35)2/h4-14,19-21,27,32H,15-16,18H2,1-3H3,(H,31,33,36)/t20-,21-,27-/m1/s1. The molecule has 3 aromatic rings. The Morgan fingerprint density at radius 1 is 1.08 bits per heavy atom. The van der Waals surface area contributed by atoms with E-state index in [1.54, 1.807) is 29.3 Å². The number of carbonyl (C=O) groups is 2. The molecule has 2 N–H and O–H groups in total. The van der Waals surface area contributed by atoms with Crippen molar-refractivity contribution in [2.24, 2.45) is 0 Å². The van der Waals surface area contributed by atoms with Crippen LogP contribution in [-0.4, -0.2) is 54.4 Å². The Balaban J connectivity index is 1.44. The van der Waals surface area contributed by atoms with Crippen LogP contribution in [0.2, 0.25) is 0 Å². The van der Waals surface area contributed by atoms with E-state index in [0.29, 0.717) is 24.5 Å². The van der Waals surface area contributed by atoms with Gasteiger partial charge in [-0.25, -0.2) is 4.98 Å². The van der Waals surface area contributed by atoms with E-state index in [4.69, 9.17) is 5.26 Å². The molecule has 0 unspecified atom stereocenters. The SMILES string of the molecule is C[C@H](CN[C@@H](C(=O)Nc1ccc(N2CCN(C)C(=O)[C@H]2C)cn1)c1ccccc1)c1ccc(C#N)cc1. The molecule has 0 aliphatic carbocycles. The number of hydrogen-bond acceptors (Lipinski definition) is 6. The zero-order valence-corrected chi connectivity index (χ0v) is 21.4. The molecular formula is C29H32N6O2. The number of aromatic nitrogens is 1. The average Bonchev–Trinajstić information content (AvgIpc) is 2.93. The third-order valence-electron chi connectivity index (χ3n) is 6.84. The quantitative estimate of drug-likeness (QED) is 0.493. The summed E-state index contributed by atoms with van der Waals surface area (Å²) in [6.45, 7) is 5.93. The number of anilines is 2. The molecule has 37 heavy (non-hydrogen) atoms. The Morgan fingerprint density at radius 3 is 2.46 bits per heavy atom. The van der Waals surface area contributed by atoms with Crippen molar-refractivity contribution >= 4 is 23.3 Å². The summed E-state index contributed by atoms with van der Waals surface area (Å²) in [6.07, 6.45) is 1.70. The highest BCUT2D eigenvalue weighted by atomic mass is 16.2. The van der Waals surface area contributed by atoms with Crippen LogP contribution in [0.4, 0.5) is 11.5 Å². The van der Waals surface area contributed by atoms with Crippen molar-refractivity contribution in [1.82, 2.24) is 15.2 Å². The fourth-order valence-electron chi connectivity index (χ4n) is 4.50. The van der Waals surface area contributed by atoms with E-state index in [1.807, 2.05) is 67.4 Å². The molecule has 190 valence electrons. The number of amides is 2. The summed E-state index contributed by atoms with van der Waals surface area (Å²) in [4.78, 5) is 33.9. The Kier molecular flexibility index (Phi) is 8.16. The lowest BCUT2D eigenvalue weighted by Crippen LogP contribution is -2.54. The van der Waals surface area contributed by atoms with Crippen LogP contribution in [0.5, 0.6) is 0 Å². The molecule has 8 nitrogen and oxygen atoms in total. The van der Waals surface area contributed by atoms with Gasteiger partial charge in [0, 0.05) is 26.7 Å². The molecule has 1 aliphatic rings. The molecule has 1 aromatic heterocycles. The van der Waals surface area contributed by atoms with Gasteiger partial charge in [-0.2, -0.15) is 5.26 Å². The van der Waals surface area contributed by atoms with Crippen molar-refractivity contribution in [2.75, 3.05) is 36.9 Å². The van der Waals surface area contributed by atoms with Crippen LogP contribution in [0.1, 0.15) is 42.5 Å². The van der Waals surface area contributed by atoms with Gasteiger partial charge in [-0.3, -0.25) is 9.59 Å². The van der Waals surface area contributed by atoms with Crippen LogP contribution in [-0.2, 0) is 9.59 Å². The monoisotopic (exact) mass is 496 g/mol. The van der Waals surface area contributed by atoms with Crippen molar-refractivity contribution in [1.29, 1.82) is 5.26 Å². The Hall–Kier alpha value is -4.22. The number of rotatable bonds is 8. The van der Waals surface area contributed by atoms with Crippen LogP contribution < -0.4 is 15.5 Å². The Bertz CT molecular complexity index is 1250. The number of carbonyl (C=O) groups excluding carboxylic acids is 2. The average molecular weight is 497 g/mol. The third-order valence-corrected chi connectivity index (χ3v) is 6.84. The van der Waals surface area contributed by atoms with E-state index in [-0.39, 0.29) is 23.8 Å². The first-order valence-electron chi connectivity index (χ1n) is 12.4. The molecule has 4 rings (SSSR count). The highest BCUT2D eigenvalue weighted by molar-refractivity contribution is 5.95. The van der Waals surface area contributed by atoms with Crippen LogP contribution >= 0.6 is 0 Å². The second-order valence-corrected chi connectivity index (χ2v) is 9.41. The Morgan fingerprint density at radius 2 is 1.81 bits per heavy atom. The highest BCUT2D eigenvalue weighted by Gasteiger charge is 2.29. The number of piperazine rings is 1. The molecule has 2 heterocycles. The van der Waals surface area contributed by atoms with E-state index in [2.05, 4.69) is 28.6 Å². The van der Waals surface area contributed by atoms with Crippen LogP contribution in [0, 0.1) is 11.3 Å². The first kappa shape index (κ1) is 25.9. The number of likely N-dealkylation sites (N-methyl/N-ethyl adjacent to an activating group) is 1. The molecule has 0 saturated carbocycles. The second-order valence-electron chi connectivity index (χ2n) is 9.41. The molecule has 1 saturated heterocycles. The van der Waals surface area contributed by atoms with E-state index in [1.165, 1.54) is 0 Å². The van der Waals surface area contributed by atoms with Gasteiger partial charge in [-0.05, 0) is 48.2 Å². The number of hydrogen-bond donors (Lipinski definition) is 2. The predicted octanol–water partition coefficient (Wildman–Crippen LogP) is 3.69. The first-order valence-corrected chi connectivity index (χ1v) is 12.4. The zero-order chi connectivity index (χ0) is 26.4. The molecule has 0 spiro atoms. The van der Waals surface area contributed by atoms with E-state index >= 15 is 0 Å². The van der Waals surface area contributed by atoms with Crippen molar-refractivity contribution in [3.63, 3.8) is 0 Å². The van der Waals surface area contributed by atoms with Gasteiger partial charge in [-0.15, -0.1) is 0 Å². The minimum Gasteiger partial charge on any atom is -0.357 e.